The van der Waals surface area contributed by atoms with E-state index in [9.17, 15) is 19.7 Å². The Bertz CT molecular complexity index is 827. The van der Waals surface area contributed by atoms with Crippen LogP contribution in [0.2, 0.25) is 0 Å². The SMILES string of the molecule is Cc1ccc(NC(=O)CN(C)C(=O)/C=C/c2ccc([N+](=O)[O-])cc2)cc1. The van der Waals surface area contributed by atoms with Crippen LogP contribution in [-0.2, 0) is 9.59 Å². The van der Waals surface area contributed by atoms with Gasteiger partial charge in [0.2, 0.25) is 11.8 Å². The lowest BCUT2D eigenvalue weighted by Gasteiger charge is -2.15. The van der Waals surface area contributed by atoms with Gasteiger partial charge in [-0.05, 0) is 42.8 Å². The maximum atomic E-state index is 12.1. The normalized spacial score (nSPS) is 10.5. The number of nitro benzene ring substituents is 1. The number of aryl methyl sites for hydroxylation is 1. The molecule has 0 saturated carbocycles. The molecule has 0 heterocycles. The van der Waals surface area contributed by atoms with E-state index in [1.165, 1.54) is 30.2 Å². The molecule has 2 aromatic carbocycles. The van der Waals surface area contributed by atoms with Crippen molar-refractivity contribution < 1.29 is 14.5 Å². The van der Waals surface area contributed by atoms with E-state index < -0.39 is 4.92 Å². The van der Waals surface area contributed by atoms with Crippen LogP contribution >= 0.6 is 0 Å². The van der Waals surface area contributed by atoms with Crippen LogP contribution in [0.4, 0.5) is 11.4 Å². The molecule has 2 amide bonds. The number of likely N-dealkylation sites (N-methyl/N-ethyl adjacent to an activating group) is 1. The summed E-state index contributed by atoms with van der Waals surface area (Å²) in [6.07, 6.45) is 2.86. The van der Waals surface area contributed by atoms with E-state index in [1.54, 1.807) is 30.3 Å². The number of nitrogens with zero attached hydrogens (tertiary/aromatic N) is 2. The van der Waals surface area contributed by atoms with Crippen LogP contribution in [-0.4, -0.2) is 35.2 Å². The van der Waals surface area contributed by atoms with Crippen molar-refractivity contribution in [2.24, 2.45) is 0 Å². The van der Waals surface area contributed by atoms with Crippen LogP contribution in [0, 0.1) is 17.0 Å². The smallest absolute Gasteiger partial charge is 0.269 e. The Kier molecular flexibility index (Phi) is 6.21. The fourth-order valence-corrected chi connectivity index (χ4v) is 2.13. The van der Waals surface area contributed by atoms with Gasteiger partial charge in [-0.2, -0.15) is 0 Å². The van der Waals surface area contributed by atoms with E-state index >= 15 is 0 Å². The molecule has 0 aliphatic heterocycles. The zero-order valence-electron chi connectivity index (χ0n) is 14.5. The van der Waals surface area contributed by atoms with Crippen molar-refractivity contribution in [3.8, 4) is 0 Å². The third-order valence-corrected chi connectivity index (χ3v) is 3.61. The van der Waals surface area contributed by atoms with Crippen LogP contribution in [0.1, 0.15) is 11.1 Å². The lowest BCUT2D eigenvalue weighted by Crippen LogP contribution is -2.33. The van der Waals surface area contributed by atoms with Crippen molar-refractivity contribution in [3.63, 3.8) is 0 Å². The van der Waals surface area contributed by atoms with Gasteiger partial charge < -0.3 is 10.2 Å². The van der Waals surface area contributed by atoms with Crippen molar-refractivity contribution in [2.45, 2.75) is 6.92 Å². The molecule has 0 bridgehead atoms. The second-order valence-electron chi connectivity index (χ2n) is 5.79. The summed E-state index contributed by atoms with van der Waals surface area (Å²) < 4.78 is 0. The molecule has 7 heteroatoms. The van der Waals surface area contributed by atoms with E-state index in [4.69, 9.17) is 0 Å². The largest absolute Gasteiger partial charge is 0.333 e. The van der Waals surface area contributed by atoms with Gasteiger partial charge in [0.05, 0.1) is 11.5 Å². The molecule has 1 N–H and O–H groups in total. The Morgan fingerprint density at radius 1 is 1.12 bits per heavy atom. The number of hydrogen-bond acceptors (Lipinski definition) is 4. The topological polar surface area (TPSA) is 92.6 Å². The first-order chi connectivity index (χ1) is 12.3. The zero-order chi connectivity index (χ0) is 19.1. The minimum absolute atomic E-state index is 0.0154. The quantitative estimate of drug-likeness (QED) is 0.491. The Morgan fingerprint density at radius 3 is 2.31 bits per heavy atom. The molecule has 0 aliphatic carbocycles. The number of nitro groups is 1. The van der Waals surface area contributed by atoms with Gasteiger partial charge in [0.1, 0.15) is 0 Å². The fourth-order valence-electron chi connectivity index (χ4n) is 2.13. The van der Waals surface area contributed by atoms with Gasteiger partial charge in [-0.25, -0.2) is 0 Å². The second-order valence-corrected chi connectivity index (χ2v) is 5.79. The first-order valence-corrected chi connectivity index (χ1v) is 7.89. The number of carbonyl (C=O) groups is 2. The number of non-ortho nitro benzene ring substituents is 1. The lowest BCUT2D eigenvalue weighted by atomic mass is 10.2. The van der Waals surface area contributed by atoms with Gasteiger partial charge in [-0.1, -0.05) is 17.7 Å². The zero-order valence-corrected chi connectivity index (χ0v) is 14.5. The highest BCUT2D eigenvalue weighted by molar-refractivity contribution is 5.97. The standard InChI is InChI=1S/C19H19N3O4/c1-14-3-8-16(9-4-14)20-18(23)13-21(2)19(24)12-7-15-5-10-17(11-6-15)22(25)26/h3-12H,13H2,1-2H3,(H,20,23)/b12-7+. The van der Waals surface area contributed by atoms with Crippen LogP contribution in [0.5, 0.6) is 0 Å². The summed E-state index contributed by atoms with van der Waals surface area (Å²) in [7, 11) is 1.53. The molecular formula is C19H19N3O4. The minimum Gasteiger partial charge on any atom is -0.333 e. The summed E-state index contributed by atoms with van der Waals surface area (Å²) in [6, 6.07) is 13.2. The van der Waals surface area contributed by atoms with E-state index in [-0.39, 0.29) is 24.0 Å². The monoisotopic (exact) mass is 353 g/mol. The van der Waals surface area contributed by atoms with E-state index in [0.717, 1.165) is 5.56 Å². The van der Waals surface area contributed by atoms with Crippen LogP contribution in [0.25, 0.3) is 6.08 Å². The molecule has 0 spiro atoms. The summed E-state index contributed by atoms with van der Waals surface area (Å²) in [5.41, 5.74) is 2.40. The first kappa shape index (κ1) is 18.9. The van der Waals surface area contributed by atoms with Crippen LogP contribution in [0.3, 0.4) is 0 Å². The van der Waals surface area contributed by atoms with E-state index in [0.29, 0.717) is 11.3 Å². The minimum atomic E-state index is -0.487. The molecule has 7 nitrogen and oxygen atoms in total. The molecule has 0 aliphatic rings. The molecule has 134 valence electrons. The molecule has 0 fully saturated rings. The molecule has 0 radical (unpaired) electrons. The Balaban J connectivity index is 1.88. The lowest BCUT2D eigenvalue weighted by molar-refractivity contribution is -0.384. The average molecular weight is 353 g/mol. The number of nitrogens with one attached hydrogen (secondary N) is 1. The van der Waals surface area contributed by atoms with E-state index in [1.807, 2.05) is 19.1 Å². The summed E-state index contributed by atoms with van der Waals surface area (Å²) in [6.45, 7) is 1.87. The molecule has 0 atom stereocenters. The molecular weight excluding hydrogens is 334 g/mol. The molecule has 2 rings (SSSR count). The predicted octanol–water partition coefficient (Wildman–Crippen LogP) is 3.01. The molecule has 2 aromatic rings. The third kappa shape index (κ3) is 5.55. The number of benzene rings is 2. The Morgan fingerprint density at radius 2 is 1.73 bits per heavy atom. The number of carbonyl (C=O) groups excluding carboxylic acids is 2. The molecule has 0 unspecified atom stereocenters. The van der Waals surface area contributed by atoms with Gasteiger partial charge in [0.25, 0.3) is 5.69 Å². The predicted molar refractivity (Wildman–Crippen MR) is 99.6 cm³/mol. The van der Waals surface area contributed by atoms with Crippen molar-refractivity contribution in [1.82, 2.24) is 4.90 Å². The third-order valence-electron chi connectivity index (χ3n) is 3.61. The van der Waals surface area contributed by atoms with Crippen molar-refractivity contribution in [2.75, 3.05) is 18.9 Å². The van der Waals surface area contributed by atoms with Crippen LogP contribution in [0.15, 0.2) is 54.6 Å². The number of amides is 2. The van der Waals surface area contributed by atoms with Gasteiger partial charge in [0.15, 0.2) is 0 Å². The van der Waals surface area contributed by atoms with Gasteiger partial charge in [0, 0.05) is 30.9 Å². The molecule has 0 aromatic heterocycles. The van der Waals surface area contributed by atoms with Crippen molar-refractivity contribution in [1.29, 1.82) is 0 Å². The number of hydrogen-bond donors (Lipinski definition) is 1. The highest BCUT2D eigenvalue weighted by Gasteiger charge is 2.11. The number of rotatable bonds is 6. The molecule has 26 heavy (non-hydrogen) atoms. The Labute approximate surface area is 151 Å². The van der Waals surface area contributed by atoms with Gasteiger partial charge in [-0.15, -0.1) is 0 Å². The number of anilines is 1. The summed E-state index contributed by atoms with van der Waals surface area (Å²) in [5, 5.41) is 13.3. The first-order valence-electron chi connectivity index (χ1n) is 7.89. The second kappa shape index (κ2) is 8.57. The Hall–Kier alpha value is -3.48. The van der Waals surface area contributed by atoms with Crippen molar-refractivity contribution >= 4 is 29.3 Å². The molecule has 0 saturated heterocycles. The van der Waals surface area contributed by atoms with Gasteiger partial charge >= 0.3 is 0 Å². The highest BCUT2D eigenvalue weighted by atomic mass is 16.6. The summed E-state index contributed by atoms with van der Waals surface area (Å²) in [5.74, 6) is -0.643. The van der Waals surface area contributed by atoms with E-state index in [2.05, 4.69) is 5.32 Å². The maximum absolute atomic E-state index is 12.1. The van der Waals surface area contributed by atoms with Crippen molar-refractivity contribution in [3.05, 3.63) is 75.8 Å². The maximum Gasteiger partial charge on any atom is 0.269 e. The van der Waals surface area contributed by atoms with Crippen LogP contribution < -0.4 is 5.32 Å². The fraction of sp³-hybridized carbons (Fsp3) is 0.158. The van der Waals surface area contributed by atoms with Gasteiger partial charge in [-0.3, -0.25) is 19.7 Å². The highest BCUT2D eigenvalue weighted by Crippen LogP contribution is 2.13. The average Bonchev–Trinajstić information content (AvgIpc) is 2.61. The summed E-state index contributed by atoms with van der Waals surface area (Å²) in [4.78, 5) is 35.5. The summed E-state index contributed by atoms with van der Waals surface area (Å²) >= 11 is 0.